The highest BCUT2D eigenvalue weighted by atomic mass is 35.5. The molecule has 0 aliphatic carbocycles. The van der Waals surface area contributed by atoms with Crippen molar-refractivity contribution in [3.63, 3.8) is 0 Å². The van der Waals surface area contributed by atoms with E-state index in [0.29, 0.717) is 15.7 Å². The summed E-state index contributed by atoms with van der Waals surface area (Å²) >= 11 is 13.3. The molecule has 1 atom stereocenters. The first kappa shape index (κ1) is 16.2. The second kappa shape index (κ2) is 7.74. The second-order valence-electron chi connectivity index (χ2n) is 4.47. The number of thioether (sulfide) groups is 1. The smallest absolute Gasteiger partial charge is 0.237 e. The van der Waals surface area contributed by atoms with Gasteiger partial charge in [0.05, 0.1) is 5.25 Å². The summed E-state index contributed by atoms with van der Waals surface area (Å²) in [5, 5.41) is 4.03. The maximum Gasteiger partial charge on any atom is 0.237 e. The number of hydrogen-bond acceptors (Lipinski definition) is 2. The summed E-state index contributed by atoms with van der Waals surface area (Å²) < 4.78 is 0. The molecular weight excluding hydrogens is 325 g/mol. The van der Waals surface area contributed by atoms with Gasteiger partial charge in [0.1, 0.15) is 0 Å². The Morgan fingerprint density at radius 3 is 2.48 bits per heavy atom. The van der Waals surface area contributed by atoms with Gasteiger partial charge in [0.15, 0.2) is 0 Å². The number of amides is 1. The molecule has 1 amide bonds. The third kappa shape index (κ3) is 4.95. The molecule has 0 unspecified atom stereocenters. The summed E-state index contributed by atoms with van der Waals surface area (Å²) in [4.78, 5) is 13.3. The topological polar surface area (TPSA) is 29.1 Å². The number of carbonyl (C=O) groups excluding carboxylic acids is 1. The van der Waals surface area contributed by atoms with Gasteiger partial charge in [-0.3, -0.25) is 4.79 Å². The van der Waals surface area contributed by atoms with Crippen LogP contribution in [-0.2, 0) is 4.79 Å². The largest absolute Gasteiger partial charge is 0.325 e. The predicted molar refractivity (Wildman–Crippen MR) is 91.5 cm³/mol. The molecule has 0 bridgehead atoms. The van der Waals surface area contributed by atoms with Crippen LogP contribution in [0.3, 0.4) is 0 Å². The summed E-state index contributed by atoms with van der Waals surface area (Å²) in [5.74, 6) is -0.0280. The van der Waals surface area contributed by atoms with Crippen molar-refractivity contribution in [1.29, 1.82) is 0 Å². The van der Waals surface area contributed by atoms with E-state index < -0.39 is 0 Å². The Balaban J connectivity index is 2.03. The van der Waals surface area contributed by atoms with Crippen molar-refractivity contribution >= 4 is 46.6 Å². The van der Waals surface area contributed by atoms with Crippen molar-refractivity contribution in [3.8, 4) is 0 Å². The number of carbonyl (C=O) groups is 1. The number of hydrogen-bond donors (Lipinski definition) is 1. The van der Waals surface area contributed by atoms with Crippen LogP contribution in [0.25, 0.3) is 0 Å². The van der Waals surface area contributed by atoms with Gasteiger partial charge in [-0.05, 0) is 48.9 Å². The lowest BCUT2D eigenvalue weighted by Gasteiger charge is -2.15. The van der Waals surface area contributed by atoms with Crippen molar-refractivity contribution in [2.75, 3.05) is 5.32 Å². The highest BCUT2D eigenvalue weighted by molar-refractivity contribution is 8.00. The maximum atomic E-state index is 12.3. The van der Waals surface area contributed by atoms with Gasteiger partial charge < -0.3 is 5.32 Å². The van der Waals surface area contributed by atoms with Crippen molar-refractivity contribution in [2.24, 2.45) is 0 Å². The number of rotatable bonds is 5. The van der Waals surface area contributed by atoms with E-state index in [0.717, 1.165) is 11.3 Å². The molecule has 0 saturated heterocycles. The normalized spacial score (nSPS) is 12.0. The van der Waals surface area contributed by atoms with Gasteiger partial charge in [0.2, 0.25) is 5.91 Å². The van der Waals surface area contributed by atoms with Crippen molar-refractivity contribution in [1.82, 2.24) is 0 Å². The minimum atomic E-state index is -0.162. The lowest BCUT2D eigenvalue weighted by Crippen LogP contribution is -2.24. The minimum Gasteiger partial charge on any atom is -0.325 e. The summed E-state index contributed by atoms with van der Waals surface area (Å²) in [7, 11) is 0. The van der Waals surface area contributed by atoms with Gasteiger partial charge >= 0.3 is 0 Å². The third-order valence-corrected chi connectivity index (χ3v) is 4.71. The SMILES string of the molecule is CC[C@@H](Sc1ccc(Cl)cc1)C(=O)Nc1cccc(Cl)c1. The van der Waals surface area contributed by atoms with E-state index in [9.17, 15) is 4.79 Å². The van der Waals surface area contributed by atoms with Crippen LogP contribution >= 0.6 is 35.0 Å². The Morgan fingerprint density at radius 1 is 1.14 bits per heavy atom. The van der Waals surface area contributed by atoms with E-state index in [1.54, 1.807) is 12.1 Å². The molecule has 0 heterocycles. The molecule has 0 aliphatic rings. The average Bonchev–Trinajstić information content (AvgIpc) is 2.46. The van der Waals surface area contributed by atoms with Gasteiger partial charge in [-0.15, -0.1) is 11.8 Å². The first-order chi connectivity index (χ1) is 10.1. The molecule has 0 radical (unpaired) electrons. The molecule has 0 aromatic heterocycles. The number of halogens is 2. The first-order valence-electron chi connectivity index (χ1n) is 6.57. The van der Waals surface area contributed by atoms with E-state index >= 15 is 0 Å². The number of benzene rings is 2. The fourth-order valence-electron chi connectivity index (χ4n) is 1.79. The minimum absolute atomic E-state index is 0.0280. The molecular formula is C16H15Cl2NOS. The first-order valence-corrected chi connectivity index (χ1v) is 8.20. The monoisotopic (exact) mass is 339 g/mol. The fraction of sp³-hybridized carbons (Fsp3) is 0.188. The lowest BCUT2D eigenvalue weighted by atomic mass is 10.3. The van der Waals surface area contributed by atoms with Gasteiger partial charge in [-0.2, -0.15) is 0 Å². The Bertz CT molecular complexity index is 616. The second-order valence-corrected chi connectivity index (χ2v) is 6.62. The standard InChI is InChI=1S/C16H15Cl2NOS/c1-2-15(21-14-8-6-11(17)7-9-14)16(20)19-13-5-3-4-12(18)10-13/h3-10,15H,2H2,1H3,(H,19,20)/t15-/m1/s1. The maximum absolute atomic E-state index is 12.3. The van der Waals surface area contributed by atoms with E-state index in [2.05, 4.69) is 5.32 Å². The molecule has 110 valence electrons. The Morgan fingerprint density at radius 2 is 1.86 bits per heavy atom. The molecule has 0 saturated carbocycles. The molecule has 21 heavy (non-hydrogen) atoms. The molecule has 2 rings (SSSR count). The Kier molecular flexibility index (Phi) is 5.97. The zero-order valence-electron chi connectivity index (χ0n) is 11.5. The van der Waals surface area contributed by atoms with Crippen molar-refractivity contribution in [3.05, 3.63) is 58.6 Å². The summed E-state index contributed by atoms with van der Waals surface area (Å²) in [5.41, 5.74) is 0.711. The number of anilines is 1. The third-order valence-electron chi connectivity index (χ3n) is 2.85. The Hall–Kier alpha value is -1.16. The van der Waals surface area contributed by atoms with Crippen LogP contribution in [0, 0.1) is 0 Å². The van der Waals surface area contributed by atoms with Crippen LogP contribution in [0.4, 0.5) is 5.69 Å². The van der Waals surface area contributed by atoms with Crippen LogP contribution in [0.15, 0.2) is 53.4 Å². The van der Waals surface area contributed by atoms with Crippen LogP contribution in [0.2, 0.25) is 10.0 Å². The van der Waals surface area contributed by atoms with Crippen LogP contribution < -0.4 is 5.32 Å². The number of nitrogens with one attached hydrogen (secondary N) is 1. The highest BCUT2D eigenvalue weighted by Gasteiger charge is 2.18. The van der Waals surface area contributed by atoms with E-state index in [1.807, 2.05) is 43.3 Å². The zero-order chi connectivity index (χ0) is 15.2. The molecule has 0 spiro atoms. The highest BCUT2D eigenvalue weighted by Crippen LogP contribution is 2.27. The van der Waals surface area contributed by atoms with Crippen molar-refractivity contribution < 1.29 is 4.79 Å². The molecule has 1 N–H and O–H groups in total. The van der Waals surface area contributed by atoms with E-state index in [1.165, 1.54) is 11.8 Å². The van der Waals surface area contributed by atoms with Gasteiger partial charge in [0.25, 0.3) is 0 Å². The van der Waals surface area contributed by atoms with E-state index in [-0.39, 0.29) is 11.2 Å². The fourth-order valence-corrected chi connectivity index (χ4v) is 3.06. The molecule has 2 aromatic rings. The Labute approximate surface area is 138 Å². The molecule has 2 nitrogen and oxygen atoms in total. The lowest BCUT2D eigenvalue weighted by molar-refractivity contribution is -0.115. The van der Waals surface area contributed by atoms with Crippen molar-refractivity contribution in [2.45, 2.75) is 23.5 Å². The molecule has 0 aliphatic heterocycles. The quantitative estimate of drug-likeness (QED) is 0.728. The van der Waals surface area contributed by atoms with Crippen LogP contribution in [0.5, 0.6) is 0 Å². The van der Waals surface area contributed by atoms with E-state index in [4.69, 9.17) is 23.2 Å². The van der Waals surface area contributed by atoms with Crippen LogP contribution in [-0.4, -0.2) is 11.2 Å². The summed E-state index contributed by atoms with van der Waals surface area (Å²) in [6, 6.07) is 14.6. The van der Waals surface area contributed by atoms with Gasteiger partial charge in [0, 0.05) is 20.6 Å². The molecule has 0 fully saturated rings. The predicted octanol–water partition coefficient (Wildman–Crippen LogP) is 5.50. The average molecular weight is 340 g/mol. The zero-order valence-corrected chi connectivity index (χ0v) is 13.8. The molecule has 5 heteroatoms. The summed E-state index contributed by atoms with van der Waals surface area (Å²) in [6.45, 7) is 1.99. The molecule has 2 aromatic carbocycles. The van der Waals surface area contributed by atoms with Crippen LogP contribution in [0.1, 0.15) is 13.3 Å². The summed E-state index contributed by atoms with van der Waals surface area (Å²) in [6.07, 6.45) is 0.736. The van der Waals surface area contributed by atoms with Gasteiger partial charge in [-0.1, -0.05) is 36.2 Å². The van der Waals surface area contributed by atoms with Gasteiger partial charge in [-0.25, -0.2) is 0 Å².